The van der Waals surface area contributed by atoms with Crippen LogP contribution in [0.15, 0.2) is 16.8 Å². The Morgan fingerprint density at radius 2 is 1.84 bits per heavy atom. The third kappa shape index (κ3) is 3.29. The van der Waals surface area contributed by atoms with Crippen molar-refractivity contribution in [2.24, 2.45) is 0 Å². The number of hydrogen-bond acceptors (Lipinski definition) is 6. The smallest absolute Gasteiger partial charge is 0.337 e. The SMILES string of the molecule is Cc1cc(C(F)(F)F)n2ncc(-c3noc(Cn4nc(C(F)(F)F)c5c4CCC5)n3)c2n1. The molecule has 14 heteroatoms. The number of hydrogen-bond donors (Lipinski definition) is 0. The van der Waals surface area contributed by atoms with Crippen molar-refractivity contribution in [2.45, 2.75) is 45.1 Å². The van der Waals surface area contributed by atoms with Crippen LogP contribution in [0, 0.1) is 6.92 Å². The highest BCUT2D eigenvalue weighted by Gasteiger charge is 2.40. The van der Waals surface area contributed by atoms with Gasteiger partial charge >= 0.3 is 12.4 Å². The fourth-order valence-electron chi connectivity index (χ4n) is 3.87. The molecular formula is C18H13F6N7O. The van der Waals surface area contributed by atoms with Gasteiger partial charge < -0.3 is 4.52 Å². The van der Waals surface area contributed by atoms with E-state index in [0.717, 1.165) is 12.3 Å². The minimum atomic E-state index is -4.66. The van der Waals surface area contributed by atoms with E-state index in [2.05, 4.69) is 25.3 Å². The van der Waals surface area contributed by atoms with Crippen LogP contribution in [0.5, 0.6) is 0 Å². The minimum absolute atomic E-state index is 0.0472. The van der Waals surface area contributed by atoms with Crippen molar-refractivity contribution in [1.29, 1.82) is 0 Å². The number of aromatic nitrogens is 7. The van der Waals surface area contributed by atoms with Crippen LogP contribution in [-0.2, 0) is 31.7 Å². The Labute approximate surface area is 174 Å². The summed E-state index contributed by atoms with van der Waals surface area (Å²) in [6.45, 7) is 1.20. The average molecular weight is 457 g/mol. The van der Waals surface area contributed by atoms with Gasteiger partial charge in [0.1, 0.15) is 12.2 Å². The fourth-order valence-corrected chi connectivity index (χ4v) is 3.87. The minimum Gasteiger partial charge on any atom is -0.337 e. The molecule has 32 heavy (non-hydrogen) atoms. The summed E-state index contributed by atoms with van der Waals surface area (Å²) in [5.74, 6) is -0.130. The van der Waals surface area contributed by atoms with Crippen molar-refractivity contribution in [1.82, 2.24) is 34.5 Å². The first-order valence-corrected chi connectivity index (χ1v) is 9.43. The topological polar surface area (TPSA) is 86.9 Å². The molecule has 4 aromatic heterocycles. The van der Waals surface area contributed by atoms with Crippen molar-refractivity contribution >= 4 is 5.65 Å². The normalized spacial score (nSPS) is 14.5. The van der Waals surface area contributed by atoms with Gasteiger partial charge in [-0.1, -0.05) is 5.16 Å². The maximum absolute atomic E-state index is 13.3. The van der Waals surface area contributed by atoms with E-state index in [4.69, 9.17) is 4.52 Å². The van der Waals surface area contributed by atoms with E-state index in [0.29, 0.717) is 23.1 Å². The van der Waals surface area contributed by atoms with E-state index < -0.39 is 23.7 Å². The molecule has 0 radical (unpaired) electrons. The maximum Gasteiger partial charge on any atom is 0.435 e. The second-order valence-electron chi connectivity index (χ2n) is 7.37. The molecule has 0 saturated heterocycles. The van der Waals surface area contributed by atoms with E-state index in [1.54, 1.807) is 0 Å². The molecule has 0 amide bonds. The fraction of sp³-hybridized carbons (Fsp3) is 0.389. The zero-order valence-electron chi connectivity index (χ0n) is 16.3. The Hall–Kier alpha value is -3.45. The first-order valence-electron chi connectivity index (χ1n) is 9.43. The van der Waals surface area contributed by atoms with Gasteiger partial charge in [0.25, 0.3) is 0 Å². The van der Waals surface area contributed by atoms with Gasteiger partial charge in [0.2, 0.25) is 11.7 Å². The van der Waals surface area contributed by atoms with Gasteiger partial charge in [-0.2, -0.15) is 41.5 Å². The number of alkyl halides is 6. The molecule has 0 atom stereocenters. The Kier molecular flexibility index (Phi) is 4.33. The zero-order valence-corrected chi connectivity index (χ0v) is 16.3. The van der Waals surface area contributed by atoms with Crippen LogP contribution in [0.2, 0.25) is 0 Å². The summed E-state index contributed by atoms with van der Waals surface area (Å²) >= 11 is 0. The van der Waals surface area contributed by atoms with E-state index in [9.17, 15) is 26.3 Å². The van der Waals surface area contributed by atoms with Gasteiger partial charge in [-0.05, 0) is 32.3 Å². The lowest BCUT2D eigenvalue weighted by atomic mass is 10.2. The van der Waals surface area contributed by atoms with Crippen molar-refractivity contribution in [3.05, 3.63) is 46.5 Å². The van der Waals surface area contributed by atoms with Crippen LogP contribution < -0.4 is 0 Å². The predicted molar refractivity (Wildman–Crippen MR) is 94.4 cm³/mol. The van der Waals surface area contributed by atoms with Crippen LogP contribution >= 0.6 is 0 Å². The molecule has 0 fully saturated rings. The molecule has 0 saturated carbocycles. The molecule has 0 spiro atoms. The first-order chi connectivity index (χ1) is 15.0. The van der Waals surface area contributed by atoms with E-state index in [1.807, 2.05) is 0 Å². The molecule has 0 aromatic carbocycles. The average Bonchev–Trinajstić information content (AvgIpc) is 3.43. The molecule has 0 unspecified atom stereocenters. The number of nitrogens with zero attached hydrogens (tertiary/aromatic N) is 7. The van der Waals surface area contributed by atoms with Crippen LogP contribution in [0.3, 0.4) is 0 Å². The largest absolute Gasteiger partial charge is 0.435 e. The molecule has 4 heterocycles. The van der Waals surface area contributed by atoms with Crippen LogP contribution in [0.4, 0.5) is 26.3 Å². The lowest BCUT2D eigenvalue weighted by Gasteiger charge is -2.09. The molecule has 0 aliphatic heterocycles. The molecule has 0 N–H and O–H groups in total. The third-order valence-corrected chi connectivity index (χ3v) is 5.16. The summed E-state index contributed by atoms with van der Waals surface area (Å²) in [4.78, 5) is 8.22. The standard InChI is InChI=1S/C18H13F6N7O/c1-8-5-12(17(19,20)21)31-16(26-8)10(6-25-31)15-27-13(32-29-15)7-30-11-4-2-3-9(11)14(28-30)18(22,23)24/h5-6H,2-4,7H2,1H3. The van der Waals surface area contributed by atoms with Gasteiger partial charge in [-0.25, -0.2) is 9.50 Å². The maximum atomic E-state index is 13.3. The van der Waals surface area contributed by atoms with Crippen LogP contribution in [0.25, 0.3) is 17.0 Å². The Morgan fingerprint density at radius 1 is 1.06 bits per heavy atom. The lowest BCUT2D eigenvalue weighted by molar-refractivity contribution is -0.143. The van der Waals surface area contributed by atoms with E-state index in [1.165, 1.54) is 11.6 Å². The van der Waals surface area contributed by atoms with E-state index in [-0.39, 0.29) is 47.1 Å². The number of halogens is 6. The van der Waals surface area contributed by atoms with Crippen LogP contribution in [-0.4, -0.2) is 34.5 Å². The third-order valence-electron chi connectivity index (χ3n) is 5.16. The number of fused-ring (bicyclic) bond motifs is 2. The molecule has 1 aliphatic rings. The summed E-state index contributed by atoms with van der Waals surface area (Å²) in [6, 6.07) is 0.863. The van der Waals surface area contributed by atoms with Gasteiger partial charge in [0, 0.05) is 17.0 Å². The predicted octanol–water partition coefficient (Wildman–Crippen LogP) is 3.86. The molecule has 1 aliphatic carbocycles. The Balaban J connectivity index is 1.51. The molecule has 8 nitrogen and oxygen atoms in total. The molecular weight excluding hydrogens is 444 g/mol. The summed E-state index contributed by atoms with van der Waals surface area (Å²) in [7, 11) is 0. The molecule has 5 rings (SSSR count). The second-order valence-corrected chi connectivity index (χ2v) is 7.37. The molecule has 4 aromatic rings. The summed E-state index contributed by atoms with van der Waals surface area (Å²) < 4.78 is 86.7. The van der Waals surface area contributed by atoms with Crippen molar-refractivity contribution in [3.63, 3.8) is 0 Å². The highest BCUT2D eigenvalue weighted by molar-refractivity contribution is 5.72. The quantitative estimate of drug-likeness (QED) is 0.435. The highest BCUT2D eigenvalue weighted by Crippen LogP contribution is 2.37. The van der Waals surface area contributed by atoms with Crippen molar-refractivity contribution in [2.75, 3.05) is 0 Å². The molecule has 168 valence electrons. The zero-order chi connectivity index (χ0) is 22.8. The number of rotatable bonds is 3. The first kappa shape index (κ1) is 20.5. The van der Waals surface area contributed by atoms with Crippen LogP contribution in [0.1, 0.15) is 40.7 Å². The Morgan fingerprint density at radius 3 is 2.56 bits per heavy atom. The Bertz CT molecular complexity index is 1330. The monoisotopic (exact) mass is 457 g/mol. The molecule has 0 bridgehead atoms. The number of aryl methyl sites for hydroxylation is 1. The van der Waals surface area contributed by atoms with Crippen molar-refractivity contribution in [3.8, 4) is 11.4 Å². The van der Waals surface area contributed by atoms with Crippen molar-refractivity contribution < 1.29 is 30.9 Å². The highest BCUT2D eigenvalue weighted by atomic mass is 19.4. The lowest BCUT2D eigenvalue weighted by Crippen LogP contribution is -2.13. The summed E-state index contributed by atoms with van der Waals surface area (Å²) in [6.07, 6.45) is -6.80. The summed E-state index contributed by atoms with van der Waals surface area (Å²) in [5.41, 5.74) is -1.23. The van der Waals surface area contributed by atoms with Gasteiger partial charge in [0.05, 0.1) is 11.8 Å². The van der Waals surface area contributed by atoms with Gasteiger partial charge in [-0.15, -0.1) is 0 Å². The van der Waals surface area contributed by atoms with Gasteiger partial charge in [0.15, 0.2) is 11.3 Å². The van der Waals surface area contributed by atoms with Gasteiger partial charge in [-0.3, -0.25) is 4.68 Å². The van der Waals surface area contributed by atoms with E-state index >= 15 is 0 Å². The second kappa shape index (κ2) is 6.77. The summed E-state index contributed by atoms with van der Waals surface area (Å²) in [5, 5.41) is 11.2.